The lowest BCUT2D eigenvalue weighted by molar-refractivity contribution is -0.133. The second-order valence-corrected chi connectivity index (χ2v) is 7.15. The third-order valence-corrected chi connectivity index (χ3v) is 5.21. The zero-order valence-electron chi connectivity index (χ0n) is 14.5. The summed E-state index contributed by atoms with van der Waals surface area (Å²) in [6.45, 7) is 14.4. The van der Waals surface area contributed by atoms with Crippen molar-refractivity contribution in [3.63, 3.8) is 0 Å². The molecule has 1 N–H and O–H groups in total. The van der Waals surface area contributed by atoms with Gasteiger partial charge in [0.15, 0.2) is 0 Å². The minimum atomic E-state index is -0.179. The van der Waals surface area contributed by atoms with Crippen LogP contribution in [0, 0.1) is 5.92 Å². The summed E-state index contributed by atoms with van der Waals surface area (Å²) < 4.78 is 0. The van der Waals surface area contributed by atoms with Crippen LogP contribution in [0.1, 0.15) is 60.3 Å². The average molecular weight is 295 g/mol. The van der Waals surface area contributed by atoms with Crippen LogP contribution >= 0.6 is 0 Å². The third kappa shape index (κ3) is 3.42. The van der Waals surface area contributed by atoms with Crippen LogP contribution in [0.3, 0.4) is 0 Å². The van der Waals surface area contributed by atoms with Crippen molar-refractivity contribution in [3.05, 3.63) is 0 Å². The average Bonchev–Trinajstić information content (AvgIpc) is 3.17. The van der Waals surface area contributed by atoms with Gasteiger partial charge in [-0.15, -0.1) is 0 Å². The van der Waals surface area contributed by atoms with Crippen LogP contribution in [-0.4, -0.2) is 53.1 Å². The molecule has 2 atom stereocenters. The Morgan fingerprint density at radius 2 is 1.90 bits per heavy atom. The minimum absolute atomic E-state index is 0.179. The summed E-state index contributed by atoms with van der Waals surface area (Å²) in [5, 5.41) is 3.61. The second kappa shape index (κ2) is 6.66. The molecule has 0 bridgehead atoms. The molecular weight excluding hydrogens is 262 g/mol. The molecule has 122 valence electrons. The van der Waals surface area contributed by atoms with E-state index >= 15 is 0 Å². The number of hydrogen-bond donors (Lipinski definition) is 1. The molecule has 21 heavy (non-hydrogen) atoms. The molecule has 2 fully saturated rings. The minimum Gasteiger partial charge on any atom is -0.323 e. The maximum atomic E-state index is 12.7. The molecule has 1 aliphatic heterocycles. The van der Waals surface area contributed by atoms with Crippen molar-refractivity contribution in [1.29, 1.82) is 0 Å². The van der Waals surface area contributed by atoms with E-state index in [1.54, 1.807) is 0 Å². The molecule has 1 heterocycles. The molecule has 0 aromatic rings. The van der Waals surface area contributed by atoms with Gasteiger partial charge in [-0.3, -0.25) is 10.1 Å². The fraction of sp³-hybridized carbons (Fsp3) is 0.941. The molecule has 1 saturated heterocycles. The summed E-state index contributed by atoms with van der Waals surface area (Å²) in [6.07, 6.45) is 4.55. The summed E-state index contributed by atoms with van der Waals surface area (Å²) in [6, 6.07) is 0.341. The maximum Gasteiger partial charge on any atom is 0.244 e. The van der Waals surface area contributed by atoms with Crippen LogP contribution in [0.25, 0.3) is 0 Å². The monoisotopic (exact) mass is 295 g/mol. The van der Waals surface area contributed by atoms with Gasteiger partial charge in [-0.25, -0.2) is 0 Å². The van der Waals surface area contributed by atoms with Crippen molar-refractivity contribution >= 4 is 5.91 Å². The molecule has 1 aliphatic carbocycles. The Bertz CT molecular complexity index is 361. The van der Waals surface area contributed by atoms with Gasteiger partial charge in [0.2, 0.25) is 5.91 Å². The van der Waals surface area contributed by atoms with Crippen LogP contribution in [0.4, 0.5) is 0 Å². The standard InChI is InChI=1S/C17H33N3O/c1-6-19(7-2)12-8-9-14(5)20-15(13(3)4)18-17(10-11-17)16(20)21/h13-15,18H,6-12H2,1-5H3. The first-order valence-electron chi connectivity index (χ1n) is 8.78. The van der Waals surface area contributed by atoms with E-state index in [-0.39, 0.29) is 11.7 Å². The highest BCUT2D eigenvalue weighted by molar-refractivity contribution is 5.92. The van der Waals surface area contributed by atoms with E-state index in [1.807, 2.05) is 0 Å². The summed E-state index contributed by atoms with van der Waals surface area (Å²) in [7, 11) is 0. The highest BCUT2D eigenvalue weighted by Crippen LogP contribution is 2.44. The quantitative estimate of drug-likeness (QED) is 0.747. The van der Waals surface area contributed by atoms with Crippen LogP contribution in [0.15, 0.2) is 0 Å². The predicted molar refractivity (Wildman–Crippen MR) is 87.1 cm³/mol. The molecule has 2 unspecified atom stereocenters. The number of nitrogens with one attached hydrogen (secondary N) is 1. The predicted octanol–water partition coefficient (Wildman–Crippen LogP) is 2.44. The van der Waals surface area contributed by atoms with E-state index < -0.39 is 0 Å². The van der Waals surface area contributed by atoms with Crippen LogP contribution < -0.4 is 5.32 Å². The Hall–Kier alpha value is -0.610. The Kier molecular flexibility index (Phi) is 5.31. The van der Waals surface area contributed by atoms with Crippen molar-refractivity contribution in [2.45, 2.75) is 78.0 Å². The third-order valence-electron chi connectivity index (χ3n) is 5.21. The molecule has 2 aliphatic rings. The zero-order chi connectivity index (χ0) is 15.6. The van der Waals surface area contributed by atoms with Crippen molar-refractivity contribution in [2.24, 2.45) is 5.92 Å². The Balaban J connectivity index is 1.90. The molecule has 2 rings (SSSR count). The van der Waals surface area contributed by atoms with Gasteiger partial charge in [0.25, 0.3) is 0 Å². The number of hydrogen-bond acceptors (Lipinski definition) is 3. The fourth-order valence-corrected chi connectivity index (χ4v) is 3.52. The first-order chi connectivity index (χ1) is 9.95. The molecule has 4 nitrogen and oxygen atoms in total. The molecule has 1 saturated carbocycles. The van der Waals surface area contributed by atoms with E-state index in [0.717, 1.165) is 38.9 Å². The van der Waals surface area contributed by atoms with Gasteiger partial charge >= 0.3 is 0 Å². The number of amides is 1. The van der Waals surface area contributed by atoms with Crippen LogP contribution in [0.5, 0.6) is 0 Å². The highest BCUT2D eigenvalue weighted by atomic mass is 16.2. The summed E-state index contributed by atoms with van der Waals surface area (Å²) in [5.74, 6) is 0.829. The van der Waals surface area contributed by atoms with E-state index in [4.69, 9.17) is 0 Å². The summed E-state index contributed by atoms with van der Waals surface area (Å²) in [4.78, 5) is 17.3. The SMILES string of the molecule is CCN(CC)CCCC(C)N1C(=O)C2(CC2)NC1C(C)C. The van der Waals surface area contributed by atoms with E-state index in [1.165, 1.54) is 6.42 Å². The molecule has 0 radical (unpaired) electrons. The molecule has 0 aromatic heterocycles. The van der Waals surface area contributed by atoms with Crippen molar-refractivity contribution in [1.82, 2.24) is 15.1 Å². The van der Waals surface area contributed by atoms with Gasteiger partial charge in [0, 0.05) is 6.04 Å². The first-order valence-corrected chi connectivity index (χ1v) is 8.78. The van der Waals surface area contributed by atoms with E-state index in [0.29, 0.717) is 17.9 Å². The number of carbonyl (C=O) groups is 1. The highest BCUT2D eigenvalue weighted by Gasteiger charge is 2.60. The number of rotatable bonds is 8. The smallest absolute Gasteiger partial charge is 0.244 e. The normalized spacial score (nSPS) is 25.4. The molecule has 1 amide bonds. The largest absolute Gasteiger partial charge is 0.323 e. The van der Waals surface area contributed by atoms with E-state index in [9.17, 15) is 4.79 Å². The van der Waals surface area contributed by atoms with Gasteiger partial charge in [-0.1, -0.05) is 27.7 Å². The van der Waals surface area contributed by atoms with Crippen molar-refractivity contribution in [3.8, 4) is 0 Å². The summed E-state index contributed by atoms with van der Waals surface area (Å²) in [5.41, 5.74) is -0.179. The van der Waals surface area contributed by atoms with Crippen molar-refractivity contribution < 1.29 is 4.79 Å². The summed E-state index contributed by atoms with van der Waals surface area (Å²) >= 11 is 0. The topological polar surface area (TPSA) is 35.6 Å². The van der Waals surface area contributed by atoms with Gasteiger partial charge in [0.05, 0.1) is 11.7 Å². The number of carbonyl (C=O) groups excluding carboxylic acids is 1. The van der Waals surface area contributed by atoms with E-state index in [2.05, 4.69) is 49.7 Å². The van der Waals surface area contributed by atoms with Crippen LogP contribution in [0.2, 0.25) is 0 Å². The first kappa shape index (κ1) is 16.8. The molecular formula is C17H33N3O. The Labute approximate surface area is 130 Å². The zero-order valence-corrected chi connectivity index (χ0v) is 14.5. The molecule has 1 spiro atoms. The molecule has 0 aromatic carbocycles. The van der Waals surface area contributed by atoms with Gasteiger partial charge in [-0.05, 0) is 58.2 Å². The lowest BCUT2D eigenvalue weighted by atomic mass is 10.1. The molecule has 4 heteroatoms. The second-order valence-electron chi connectivity index (χ2n) is 7.15. The fourth-order valence-electron chi connectivity index (χ4n) is 3.52. The van der Waals surface area contributed by atoms with Crippen LogP contribution in [-0.2, 0) is 4.79 Å². The Morgan fingerprint density at radius 1 is 1.29 bits per heavy atom. The van der Waals surface area contributed by atoms with Gasteiger partial charge in [-0.2, -0.15) is 0 Å². The number of nitrogens with zero attached hydrogens (tertiary/aromatic N) is 2. The van der Waals surface area contributed by atoms with Gasteiger partial charge < -0.3 is 9.80 Å². The Morgan fingerprint density at radius 3 is 2.38 bits per heavy atom. The van der Waals surface area contributed by atoms with Crippen molar-refractivity contribution in [2.75, 3.05) is 19.6 Å². The maximum absolute atomic E-state index is 12.7. The van der Waals surface area contributed by atoms with Gasteiger partial charge in [0.1, 0.15) is 0 Å². The lowest BCUT2D eigenvalue weighted by Crippen LogP contribution is -2.46. The lowest BCUT2D eigenvalue weighted by Gasteiger charge is -2.33.